The first kappa shape index (κ1) is 23.5. The molecule has 1 aromatic carbocycles. The Hall–Kier alpha value is -4.12. The van der Waals surface area contributed by atoms with Crippen molar-refractivity contribution in [3.05, 3.63) is 71.4 Å². The molecule has 2 aromatic heterocycles. The van der Waals surface area contributed by atoms with Crippen LogP contribution < -0.4 is 14.8 Å². The number of nitrogens with one attached hydrogen (secondary N) is 1. The molecule has 0 spiro atoms. The number of carbonyl (C=O) groups excluding carboxylic acids is 1. The highest BCUT2D eigenvalue weighted by Crippen LogP contribution is 2.26. The quantitative estimate of drug-likeness (QED) is 0.494. The molecule has 0 aliphatic heterocycles. The Morgan fingerprint density at radius 1 is 1.06 bits per heavy atom. The third-order valence-corrected chi connectivity index (χ3v) is 4.07. The number of carboxylic acid groups (broad SMARTS) is 1. The number of aromatic carboxylic acids is 1. The molecule has 0 saturated heterocycles. The van der Waals surface area contributed by atoms with Gasteiger partial charge >= 0.3 is 5.97 Å². The van der Waals surface area contributed by atoms with Gasteiger partial charge in [0.05, 0.1) is 17.7 Å². The Morgan fingerprint density at radius 2 is 1.76 bits per heavy atom. The third-order valence-electron chi connectivity index (χ3n) is 4.07. The fourth-order valence-corrected chi connectivity index (χ4v) is 2.69. The van der Waals surface area contributed by atoms with Crippen LogP contribution >= 0.6 is 0 Å². The Labute approximate surface area is 187 Å². The lowest BCUT2D eigenvalue weighted by Gasteiger charge is -2.15. The molecule has 0 saturated carbocycles. The summed E-state index contributed by atoms with van der Waals surface area (Å²) < 4.78 is 43.1. The van der Waals surface area contributed by atoms with Crippen molar-refractivity contribution in [3.63, 3.8) is 0 Å². The summed E-state index contributed by atoms with van der Waals surface area (Å²) in [6.45, 7) is 1.96. The topological polar surface area (TPSA) is 120 Å². The molecule has 0 aliphatic rings. The van der Waals surface area contributed by atoms with E-state index in [1.54, 1.807) is 6.92 Å². The fraction of sp³-hybridized carbons (Fsp3) is 0.182. The first-order chi connectivity index (χ1) is 15.7. The molecule has 2 N–H and O–H groups in total. The van der Waals surface area contributed by atoms with E-state index >= 15 is 0 Å². The predicted octanol–water partition coefficient (Wildman–Crippen LogP) is 3.91. The van der Waals surface area contributed by atoms with E-state index in [9.17, 15) is 18.4 Å². The van der Waals surface area contributed by atoms with Crippen LogP contribution in [0.5, 0.6) is 17.5 Å². The first-order valence-electron chi connectivity index (χ1n) is 9.56. The number of carboxylic acids is 1. The Kier molecular flexibility index (Phi) is 7.46. The smallest absolute Gasteiger partial charge is 0.337 e. The zero-order chi connectivity index (χ0) is 24.0. The summed E-state index contributed by atoms with van der Waals surface area (Å²) >= 11 is 0. The second-order valence-electron chi connectivity index (χ2n) is 6.81. The number of hydrogen-bond donors (Lipinski definition) is 2. The highest BCUT2D eigenvalue weighted by molar-refractivity contribution is 6.04. The van der Waals surface area contributed by atoms with Crippen LogP contribution in [0.15, 0.2) is 48.7 Å². The second kappa shape index (κ2) is 10.5. The maximum absolute atomic E-state index is 13.5. The Balaban J connectivity index is 1.88. The molecule has 2 heterocycles. The summed E-state index contributed by atoms with van der Waals surface area (Å²) in [6, 6.07) is 7.80. The number of hydrogen-bond acceptors (Lipinski definition) is 7. The van der Waals surface area contributed by atoms with Crippen LogP contribution in [0.1, 0.15) is 27.6 Å². The number of benzene rings is 1. The summed E-state index contributed by atoms with van der Waals surface area (Å²) in [7, 11) is 1.49. The molecular weight excluding hydrogens is 440 g/mol. The number of rotatable bonds is 9. The minimum atomic E-state index is -1.16. The minimum Gasteiger partial charge on any atom is -0.478 e. The minimum absolute atomic E-state index is 0.00765. The van der Waals surface area contributed by atoms with Gasteiger partial charge in [-0.1, -0.05) is 0 Å². The summed E-state index contributed by atoms with van der Waals surface area (Å²) in [5.41, 5.74) is -0.00154. The van der Waals surface area contributed by atoms with Gasteiger partial charge in [-0.25, -0.2) is 18.6 Å². The molecular formula is C22H19F2N3O6. The van der Waals surface area contributed by atoms with Gasteiger partial charge in [0.25, 0.3) is 5.91 Å². The van der Waals surface area contributed by atoms with Crippen molar-refractivity contribution >= 4 is 17.7 Å². The average Bonchev–Trinajstić information content (AvgIpc) is 2.73. The van der Waals surface area contributed by atoms with Gasteiger partial charge in [0.1, 0.15) is 29.3 Å². The number of amides is 1. The van der Waals surface area contributed by atoms with Crippen molar-refractivity contribution in [1.29, 1.82) is 0 Å². The summed E-state index contributed by atoms with van der Waals surface area (Å²) in [5, 5.41) is 11.5. The maximum atomic E-state index is 13.5. The molecule has 0 fully saturated rings. The van der Waals surface area contributed by atoms with E-state index in [1.165, 1.54) is 31.4 Å². The summed E-state index contributed by atoms with van der Waals surface area (Å²) in [5.74, 6) is -3.69. The second-order valence-corrected chi connectivity index (χ2v) is 6.81. The monoisotopic (exact) mass is 459 g/mol. The van der Waals surface area contributed by atoms with E-state index in [0.717, 1.165) is 18.3 Å². The number of methoxy groups -OCH3 is 1. The van der Waals surface area contributed by atoms with Crippen LogP contribution in [0.2, 0.25) is 0 Å². The van der Waals surface area contributed by atoms with E-state index in [2.05, 4.69) is 15.3 Å². The average molecular weight is 459 g/mol. The van der Waals surface area contributed by atoms with Crippen molar-refractivity contribution in [2.24, 2.45) is 0 Å². The van der Waals surface area contributed by atoms with Crippen LogP contribution in [0.4, 0.5) is 14.6 Å². The molecule has 1 amide bonds. The van der Waals surface area contributed by atoms with Crippen molar-refractivity contribution in [3.8, 4) is 17.5 Å². The number of halogens is 2. The molecule has 0 radical (unpaired) electrons. The zero-order valence-electron chi connectivity index (χ0n) is 17.5. The van der Waals surface area contributed by atoms with Crippen molar-refractivity contribution in [2.75, 3.05) is 19.0 Å². The number of nitrogens with zero attached hydrogens (tertiary/aromatic N) is 2. The van der Waals surface area contributed by atoms with E-state index in [-0.39, 0.29) is 41.1 Å². The number of ether oxygens (including phenoxy) is 3. The van der Waals surface area contributed by atoms with Gasteiger partial charge in [0, 0.05) is 43.6 Å². The SMILES string of the molecule is COC[C@@H](C)Oc1cc(C(=O)Nc2ccc(C(=O)O)cn2)cc(Oc2cc(F)cc(F)c2)n1. The largest absolute Gasteiger partial charge is 0.478 e. The lowest BCUT2D eigenvalue weighted by molar-refractivity contribution is 0.0696. The van der Waals surface area contributed by atoms with Crippen LogP contribution in [0.3, 0.4) is 0 Å². The highest BCUT2D eigenvalue weighted by atomic mass is 19.1. The van der Waals surface area contributed by atoms with Gasteiger partial charge in [-0.05, 0) is 19.1 Å². The van der Waals surface area contributed by atoms with Gasteiger partial charge in [-0.2, -0.15) is 4.98 Å². The molecule has 3 rings (SSSR count). The standard InChI is InChI=1S/C22H19F2N3O6/c1-12(11-31-2)32-19-5-14(21(28)26-18-4-3-13(10-25-18)22(29)30)6-20(27-19)33-17-8-15(23)7-16(24)9-17/h3-10,12H,11H2,1-2H3,(H,29,30)(H,25,26,28)/t12-/m1/s1. The summed E-state index contributed by atoms with van der Waals surface area (Å²) in [6.07, 6.45) is 0.670. The first-order valence-corrected chi connectivity index (χ1v) is 9.56. The van der Waals surface area contributed by atoms with Crippen LogP contribution in [0.25, 0.3) is 0 Å². The maximum Gasteiger partial charge on any atom is 0.337 e. The number of pyridine rings is 2. The molecule has 0 unspecified atom stereocenters. The van der Waals surface area contributed by atoms with Crippen LogP contribution in [-0.2, 0) is 4.74 Å². The van der Waals surface area contributed by atoms with Gasteiger partial charge in [0.15, 0.2) is 0 Å². The molecule has 9 nitrogen and oxygen atoms in total. The lowest BCUT2D eigenvalue weighted by Crippen LogP contribution is -2.19. The summed E-state index contributed by atoms with van der Waals surface area (Å²) in [4.78, 5) is 31.7. The van der Waals surface area contributed by atoms with Gasteiger partial charge in [-0.15, -0.1) is 0 Å². The van der Waals surface area contributed by atoms with Crippen LogP contribution in [-0.4, -0.2) is 46.8 Å². The third kappa shape index (κ3) is 6.68. The molecule has 11 heteroatoms. The Bertz CT molecular complexity index is 1140. The molecule has 172 valence electrons. The van der Waals surface area contributed by atoms with Crippen molar-refractivity contribution < 1.29 is 37.7 Å². The van der Waals surface area contributed by atoms with Crippen molar-refractivity contribution in [2.45, 2.75) is 13.0 Å². The van der Waals surface area contributed by atoms with Crippen LogP contribution in [0, 0.1) is 11.6 Å². The van der Waals surface area contributed by atoms with Gasteiger partial charge < -0.3 is 24.6 Å². The lowest BCUT2D eigenvalue weighted by atomic mass is 10.2. The van der Waals surface area contributed by atoms with Crippen molar-refractivity contribution in [1.82, 2.24) is 9.97 Å². The number of anilines is 1. The molecule has 0 bridgehead atoms. The number of carbonyl (C=O) groups is 2. The van der Waals surface area contributed by atoms with E-state index in [1.807, 2.05) is 0 Å². The zero-order valence-corrected chi connectivity index (χ0v) is 17.5. The predicted molar refractivity (Wildman–Crippen MR) is 112 cm³/mol. The van der Waals surface area contributed by atoms with E-state index in [0.29, 0.717) is 6.07 Å². The van der Waals surface area contributed by atoms with E-state index in [4.69, 9.17) is 19.3 Å². The normalized spacial score (nSPS) is 11.5. The highest BCUT2D eigenvalue weighted by Gasteiger charge is 2.16. The van der Waals surface area contributed by atoms with Gasteiger partial charge in [0.2, 0.25) is 11.8 Å². The molecule has 0 aliphatic carbocycles. The van der Waals surface area contributed by atoms with Gasteiger partial charge in [-0.3, -0.25) is 4.79 Å². The molecule has 1 atom stereocenters. The molecule has 33 heavy (non-hydrogen) atoms. The molecule has 3 aromatic rings. The Morgan fingerprint density at radius 3 is 2.36 bits per heavy atom. The number of aromatic nitrogens is 2. The fourth-order valence-electron chi connectivity index (χ4n) is 2.69. The van der Waals surface area contributed by atoms with E-state index < -0.39 is 29.6 Å².